The van der Waals surface area contributed by atoms with Crippen LogP contribution in [0.15, 0.2) is 9.95 Å². The molecule has 1 atom stereocenters. The first-order chi connectivity index (χ1) is 10.6. The van der Waals surface area contributed by atoms with Gasteiger partial charge in [0.25, 0.3) is 5.56 Å². The zero-order chi connectivity index (χ0) is 16.1. The molecule has 2 heterocycles. The third kappa shape index (κ3) is 3.72. The summed E-state index contributed by atoms with van der Waals surface area (Å²) in [6.45, 7) is 7.16. The van der Waals surface area contributed by atoms with Gasteiger partial charge in [-0.2, -0.15) is 0 Å². The molecule has 0 fully saturated rings. The lowest BCUT2D eigenvalue weighted by Gasteiger charge is -2.25. The highest BCUT2D eigenvalue weighted by Gasteiger charge is 2.27. The van der Waals surface area contributed by atoms with Crippen molar-refractivity contribution >= 4 is 17.7 Å². The summed E-state index contributed by atoms with van der Waals surface area (Å²) in [7, 11) is 0. The van der Waals surface area contributed by atoms with E-state index < -0.39 is 0 Å². The second kappa shape index (κ2) is 7.81. The minimum absolute atomic E-state index is 0.0148. The predicted molar refractivity (Wildman–Crippen MR) is 89.4 cm³/mol. The molecular formula is C16H25N3O2S. The SMILES string of the molecule is CCCCCNC(=O)C1CSc2nc(C)c(CC)c(=O)n2C1. The van der Waals surface area contributed by atoms with Gasteiger partial charge in [0, 0.05) is 30.1 Å². The lowest BCUT2D eigenvalue weighted by molar-refractivity contribution is -0.124. The molecule has 0 aromatic carbocycles. The minimum Gasteiger partial charge on any atom is -0.356 e. The number of aromatic nitrogens is 2. The smallest absolute Gasteiger partial charge is 0.257 e. The van der Waals surface area contributed by atoms with E-state index in [1.54, 1.807) is 4.57 Å². The van der Waals surface area contributed by atoms with E-state index in [4.69, 9.17) is 0 Å². The first-order valence-electron chi connectivity index (χ1n) is 8.09. The Labute approximate surface area is 135 Å². The van der Waals surface area contributed by atoms with Gasteiger partial charge in [0.1, 0.15) is 0 Å². The Morgan fingerprint density at radius 3 is 2.86 bits per heavy atom. The number of unbranched alkanes of at least 4 members (excludes halogenated alkanes) is 2. The highest BCUT2D eigenvalue weighted by atomic mass is 32.2. The molecule has 0 aliphatic carbocycles. The maximum Gasteiger partial charge on any atom is 0.257 e. The van der Waals surface area contributed by atoms with E-state index in [1.165, 1.54) is 11.8 Å². The molecule has 1 aromatic rings. The van der Waals surface area contributed by atoms with Gasteiger partial charge in [-0.05, 0) is 19.8 Å². The molecule has 0 saturated carbocycles. The van der Waals surface area contributed by atoms with Crippen molar-refractivity contribution in [3.63, 3.8) is 0 Å². The Kier molecular flexibility index (Phi) is 6.06. The zero-order valence-electron chi connectivity index (χ0n) is 13.6. The number of rotatable bonds is 6. The predicted octanol–water partition coefficient (Wildman–Crippen LogP) is 2.14. The van der Waals surface area contributed by atoms with Crippen LogP contribution in [0, 0.1) is 12.8 Å². The van der Waals surface area contributed by atoms with Crippen LogP contribution in [-0.2, 0) is 17.8 Å². The number of hydrogen-bond donors (Lipinski definition) is 1. The number of amides is 1. The molecule has 1 amide bonds. The Hall–Kier alpha value is -1.30. The number of aryl methyl sites for hydroxylation is 1. The summed E-state index contributed by atoms with van der Waals surface area (Å²) < 4.78 is 1.68. The molecule has 1 aliphatic heterocycles. The lowest BCUT2D eigenvalue weighted by Crippen LogP contribution is -2.41. The molecule has 5 nitrogen and oxygen atoms in total. The molecule has 6 heteroatoms. The van der Waals surface area contributed by atoms with Gasteiger partial charge in [-0.15, -0.1) is 0 Å². The summed E-state index contributed by atoms with van der Waals surface area (Å²) in [6, 6.07) is 0. The van der Waals surface area contributed by atoms with Crippen molar-refractivity contribution in [3.8, 4) is 0 Å². The van der Waals surface area contributed by atoms with Crippen molar-refractivity contribution in [1.82, 2.24) is 14.9 Å². The summed E-state index contributed by atoms with van der Waals surface area (Å²) in [5.74, 6) is 0.600. The topological polar surface area (TPSA) is 64.0 Å². The second-order valence-corrected chi connectivity index (χ2v) is 6.72. The van der Waals surface area contributed by atoms with Gasteiger partial charge in [-0.25, -0.2) is 4.98 Å². The van der Waals surface area contributed by atoms with Gasteiger partial charge < -0.3 is 5.32 Å². The van der Waals surface area contributed by atoms with Crippen LogP contribution in [0.5, 0.6) is 0 Å². The summed E-state index contributed by atoms with van der Waals surface area (Å²) in [6.07, 6.45) is 3.96. The fourth-order valence-corrected chi connectivity index (χ4v) is 3.81. The van der Waals surface area contributed by atoms with Crippen LogP contribution in [0.3, 0.4) is 0 Å². The van der Waals surface area contributed by atoms with Crippen molar-refractivity contribution in [2.24, 2.45) is 5.92 Å². The molecule has 1 unspecified atom stereocenters. The summed E-state index contributed by atoms with van der Waals surface area (Å²) in [5.41, 5.74) is 1.59. The van der Waals surface area contributed by atoms with E-state index in [-0.39, 0.29) is 17.4 Å². The lowest BCUT2D eigenvalue weighted by atomic mass is 10.1. The Bertz CT molecular complexity index is 598. The van der Waals surface area contributed by atoms with Crippen LogP contribution >= 0.6 is 11.8 Å². The van der Waals surface area contributed by atoms with Crippen molar-refractivity contribution in [3.05, 3.63) is 21.6 Å². The molecule has 0 bridgehead atoms. The first kappa shape index (κ1) is 17.1. The Balaban J connectivity index is 2.07. The van der Waals surface area contributed by atoms with E-state index in [0.29, 0.717) is 18.7 Å². The third-order valence-electron chi connectivity index (χ3n) is 4.05. The summed E-state index contributed by atoms with van der Waals surface area (Å²) in [5, 5.41) is 3.73. The van der Waals surface area contributed by atoms with Crippen molar-refractivity contribution in [2.75, 3.05) is 12.3 Å². The molecule has 1 N–H and O–H groups in total. The summed E-state index contributed by atoms with van der Waals surface area (Å²) >= 11 is 1.51. The zero-order valence-corrected chi connectivity index (χ0v) is 14.5. The van der Waals surface area contributed by atoms with Gasteiger partial charge in [0.15, 0.2) is 5.16 Å². The molecule has 22 heavy (non-hydrogen) atoms. The third-order valence-corrected chi connectivity index (χ3v) is 5.19. The molecular weight excluding hydrogens is 298 g/mol. The van der Waals surface area contributed by atoms with Gasteiger partial charge in [-0.3, -0.25) is 14.2 Å². The number of nitrogens with zero attached hydrogens (tertiary/aromatic N) is 2. The molecule has 1 aromatic heterocycles. The number of carbonyl (C=O) groups excluding carboxylic acids is 1. The van der Waals surface area contributed by atoms with Crippen LogP contribution in [0.4, 0.5) is 0 Å². The molecule has 122 valence electrons. The number of thioether (sulfide) groups is 1. The Morgan fingerprint density at radius 2 is 2.18 bits per heavy atom. The van der Waals surface area contributed by atoms with E-state index in [2.05, 4.69) is 17.2 Å². The second-order valence-electron chi connectivity index (χ2n) is 5.73. The molecule has 2 rings (SSSR count). The summed E-state index contributed by atoms with van der Waals surface area (Å²) in [4.78, 5) is 29.3. The molecule has 0 spiro atoms. The normalized spacial score (nSPS) is 17.1. The van der Waals surface area contributed by atoms with Crippen LogP contribution < -0.4 is 10.9 Å². The van der Waals surface area contributed by atoms with Crippen LogP contribution in [0.25, 0.3) is 0 Å². The number of carbonyl (C=O) groups is 1. The van der Waals surface area contributed by atoms with Crippen LogP contribution in [-0.4, -0.2) is 27.8 Å². The van der Waals surface area contributed by atoms with Gasteiger partial charge in [0.05, 0.1) is 5.92 Å². The van der Waals surface area contributed by atoms with Gasteiger partial charge in [0.2, 0.25) is 5.91 Å². The van der Waals surface area contributed by atoms with E-state index >= 15 is 0 Å². The monoisotopic (exact) mass is 323 g/mol. The largest absolute Gasteiger partial charge is 0.356 e. The minimum atomic E-state index is -0.147. The number of fused-ring (bicyclic) bond motifs is 1. The number of hydrogen-bond acceptors (Lipinski definition) is 4. The van der Waals surface area contributed by atoms with E-state index in [1.807, 2.05) is 13.8 Å². The van der Waals surface area contributed by atoms with E-state index in [9.17, 15) is 9.59 Å². The standard InChI is InChI=1S/C16H25N3O2S/c1-4-6-7-8-17-14(20)12-9-19-15(21)13(5-2)11(3)18-16(19)22-10-12/h12H,4-10H2,1-3H3,(H,17,20). The van der Waals surface area contributed by atoms with Crippen molar-refractivity contribution < 1.29 is 4.79 Å². The highest BCUT2D eigenvalue weighted by molar-refractivity contribution is 7.99. The average Bonchev–Trinajstić information content (AvgIpc) is 2.51. The van der Waals surface area contributed by atoms with Gasteiger partial charge in [-0.1, -0.05) is 38.5 Å². The van der Waals surface area contributed by atoms with Crippen molar-refractivity contribution in [1.29, 1.82) is 0 Å². The molecule has 0 saturated heterocycles. The maximum absolute atomic E-state index is 12.5. The molecule has 1 aliphatic rings. The number of nitrogens with one attached hydrogen (secondary N) is 1. The van der Waals surface area contributed by atoms with E-state index in [0.717, 1.165) is 42.2 Å². The van der Waals surface area contributed by atoms with Gasteiger partial charge >= 0.3 is 0 Å². The quantitative estimate of drug-likeness (QED) is 0.643. The first-order valence-corrected chi connectivity index (χ1v) is 9.07. The van der Waals surface area contributed by atoms with Crippen molar-refractivity contribution in [2.45, 2.75) is 58.2 Å². The van der Waals surface area contributed by atoms with Crippen LogP contribution in [0.2, 0.25) is 0 Å². The maximum atomic E-state index is 12.5. The van der Waals surface area contributed by atoms with Crippen LogP contribution in [0.1, 0.15) is 44.4 Å². The average molecular weight is 323 g/mol. The Morgan fingerprint density at radius 1 is 1.41 bits per heavy atom. The highest BCUT2D eigenvalue weighted by Crippen LogP contribution is 2.25. The molecule has 0 radical (unpaired) electrons. The fraction of sp³-hybridized carbons (Fsp3) is 0.688. The fourth-order valence-electron chi connectivity index (χ4n) is 2.69.